The van der Waals surface area contributed by atoms with E-state index in [1.807, 2.05) is 0 Å². The summed E-state index contributed by atoms with van der Waals surface area (Å²) in [5, 5.41) is 2.92. The summed E-state index contributed by atoms with van der Waals surface area (Å²) in [5.41, 5.74) is 6.96. The van der Waals surface area contributed by atoms with Crippen LogP contribution in [0.4, 0.5) is 14.5 Å². The van der Waals surface area contributed by atoms with Gasteiger partial charge in [0.1, 0.15) is 23.1 Å². The lowest BCUT2D eigenvalue weighted by Gasteiger charge is -2.12. The first kappa shape index (κ1) is 17.5. The highest BCUT2D eigenvalue weighted by atomic mass is 19.1. The van der Waals surface area contributed by atoms with E-state index in [-0.39, 0.29) is 12.5 Å². The number of nitrogens with zero attached hydrogens (tertiary/aromatic N) is 1. The Labute approximate surface area is 139 Å². The van der Waals surface area contributed by atoms with Crippen molar-refractivity contribution in [2.45, 2.75) is 6.42 Å². The summed E-state index contributed by atoms with van der Waals surface area (Å²) in [6.07, 6.45) is 0.367. The number of nitrogens with two attached hydrogens (primary N) is 1. The second kappa shape index (κ2) is 8.14. The van der Waals surface area contributed by atoms with Crippen LogP contribution in [0, 0.1) is 11.6 Å². The summed E-state index contributed by atoms with van der Waals surface area (Å²) >= 11 is 0. The first-order chi connectivity index (χ1) is 11.5. The Morgan fingerprint density at radius 2 is 1.79 bits per heavy atom. The minimum atomic E-state index is -0.610. The molecule has 128 valence electrons. The molecule has 0 heterocycles. The number of hydrogen-bond acceptors (Lipinski definition) is 3. The van der Waals surface area contributed by atoms with Crippen LogP contribution in [-0.2, 0) is 6.42 Å². The molecule has 0 aliphatic heterocycles. The third-order valence-electron chi connectivity index (χ3n) is 3.27. The molecule has 0 bridgehead atoms. The van der Waals surface area contributed by atoms with Crippen molar-refractivity contribution in [2.75, 3.05) is 26.1 Å². The van der Waals surface area contributed by atoms with Gasteiger partial charge in [-0.25, -0.2) is 8.78 Å². The van der Waals surface area contributed by atoms with Crippen LogP contribution in [0.15, 0.2) is 41.4 Å². The minimum Gasteiger partial charge on any atom is -0.497 e. The molecule has 0 unspecified atom stereocenters. The maximum atomic E-state index is 13.1. The second-order valence-electron chi connectivity index (χ2n) is 4.99. The number of rotatable bonds is 6. The molecule has 5 nitrogen and oxygen atoms in total. The van der Waals surface area contributed by atoms with E-state index in [4.69, 9.17) is 15.2 Å². The van der Waals surface area contributed by atoms with Crippen molar-refractivity contribution in [3.63, 3.8) is 0 Å². The summed E-state index contributed by atoms with van der Waals surface area (Å²) in [7, 11) is 3.10. The number of guanidine groups is 1. The number of anilines is 1. The van der Waals surface area contributed by atoms with Gasteiger partial charge in [-0.1, -0.05) is 0 Å². The lowest BCUT2D eigenvalue weighted by Crippen LogP contribution is -2.23. The van der Waals surface area contributed by atoms with Crippen LogP contribution in [-0.4, -0.2) is 26.7 Å². The number of nitrogens with one attached hydrogen (secondary N) is 1. The quantitative estimate of drug-likeness (QED) is 0.629. The average Bonchev–Trinajstić information content (AvgIpc) is 2.53. The molecule has 3 N–H and O–H groups in total. The summed E-state index contributed by atoms with van der Waals surface area (Å²) in [6, 6.07) is 8.60. The van der Waals surface area contributed by atoms with E-state index in [2.05, 4.69) is 10.3 Å². The second-order valence-corrected chi connectivity index (χ2v) is 4.99. The number of ether oxygens (including phenoxy) is 2. The van der Waals surface area contributed by atoms with E-state index in [9.17, 15) is 8.78 Å². The van der Waals surface area contributed by atoms with Crippen LogP contribution < -0.4 is 20.5 Å². The molecule has 2 aromatic rings. The highest BCUT2D eigenvalue weighted by Gasteiger charge is 2.06. The molecule has 0 aromatic heterocycles. The zero-order valence-electron chi connectivity index (χ0n) is 13.5. The van der Waals surface area contributed by atoms with Gasteiger partial charge in [0.05, 0.1) is 19.9 Å². The first-order valence-electron chi connectivity index (χ1n) is 7.25. The summed E-state index contributed by atoms with van der Waals surface area (Å²) in [4.78, 5) is 4.15. The fourth-order valence-electron chi connectivity index (χ4n) is 2.15. The molecule has 2 aromatic carbocycles. The van der Waals surface area contributed by atoms with Crippen molar-refractivity contribution in [2.24, 2.45) is 10.7 Å². The lowest BCUT2D eigenvalue weighted by molar-refractivity contribution is 0.405. The van der Waals surface area contributed by atoms with E-state index < -0.39 is 11.6 Å². The molecule has 0 saturated carbocycles. The van der Waals surface area contributed by atoms with E-state index in [1.165, 1.54) is 12.1 Å². The predicted molar refractivity (Wildman–Crippen MR) is 89.7 cm³/mol. The Bertz CT molecular complexity index is 716. The molecule has 0 aliphatic carbocycles. The highest BCUT2D eigenvalue weighted by molar-refractivity contribution is 5.94. The molecule has 0 spiro atoms. The molecule has 0 saturated heterocycles. The van der Waals surface area contributed by atoms with Crippen LogP contribution in [0.1, 0.15) is 5.56 Å². The topological polar surface area (TPSA) is 68.9 Å². The molecule has 0 aliphatic rings. The van der Waals surface area contributed by atoms with Gasteiger partial charge >= 0.3 is 0 Å². The van der Waals surface area contributed by atoms with Crippen LogP contribution >= 0.6 is 0 Å². The monoisotopic (exact) mass is 335 g/mol. The molecule has 7 heteroatoms. The van der Waals surface area contributed by atoms with Crippen LogP contribution in [0.3, 0.4) is 0 Å². The van der Waals surface area contributed by atoms with Gasteiger partial charge in [-0.15, -0.1) is 0 Å². The van der Waals surface area contributed by atoms with E-state index in [0.29, 0.717) is 29.2 Å². The lowest BCUT2D eigenvalue weighted by atomic mass is 10.1. The standard InChI is InChI=1S/C17H19F2N3O2/c1-23-14-3-4-16(24-2)15(10-14)22-17(20)21-6-5-11-7-12(18)9-13(19)8-11/h3-4,7-10H,5-6H2,1-2H3,(H3,20,21,22). The van der Waals surface area contributed by atoms with Crippen molar-refractivity contribution >= 4 is 11.6 Å². The summed E-state index contributed by atoms with van der Waals surface area (Å²) in [6.45, 7) is 0.286. The normalized spacial score (nSPS) is 11.2. The van der Waals surface area contributed by atoms with Gasteiger partial charge in [0.2, 0.25) is 0 Å². The molecule has 0 atom stereocenters. The third-order valence-corrected chi connectivity index (χ3v) is 3.27. The number of halogens is 2. The molecular formula is C17H19F2N3O2. The molecule has 0 fully saturated rings. The Morgan fingerprint density at radius 3 is 2.42 bits per heavy atom. The maximum Gasteiger partial charge on any atom is 0.193 e. The molecule has 0 amide bonds. The minimum absolute atomic E-state index is 0.165. The van der Waals surface area contributed by atoms with Gasteiger partial charge in [0.25, 0.3) is 0 Å². The van der Waals surface area contributed by atoms with E-state index >= 15 is 0 Å². The fraction of sp³-hybridized carbons (Fsp3) is 0.235. The fourth-order valence-corrected chi connectivity index (χ4v) is 2.15. The first-order valence-corrected chi connectivity index (χ1v) is 7.25. The number of methoxy groups -OCH3 is 2. The van der Waals surface area contributed by atoms with Crippen LogP contribution in [0.25, 0.3) is 0 Å². The molecule has 0 radical (unpaired) electrons. The average molecular weight is 335 g/mol. The number of aliphatic imine (C=N–C) groups is 1. The van der Waals surface area contributed by atoms with Crippen LogP contribution in [0.2, 0.25) is 0 Å². The van der Waals surface area contributed by atoms with Gasteiger partial charge in [-0.05, 0) is 36.2 Å². The zero-order valence-corrected chi connectivity index (χ0v) is 13.5. The van der Waals surface area contributed by atoms with Crippen molar-refractivity contribution in [1.82, 2.24) is 0 Å². The van der Waals surface area contributed by atoms with Crippen LogP contribution in [0.5, 0.6) is 11.5 Å². The largest absolute Gasteiger partial charge is 0.497 e. The Kier molecular flexibility index (Phi) is 5.95. The van der Waals surface area contributed by atoms with Gasteiger partial charge in [-0.2, -0.15) is 0 Å². The van der Waals surface area contributed by atoms with E-state index in [0.717, 1.165) is 6.07 Å². The molecule has 24 heavy (non-hydrogen) atoms. The molecular weight excluding hydrogens is 316 g/mol. The molecule has 2 rings (SSSR count). The number of hydrogen-bond donors (Lipinski definition) is 2. The zero-order chi connectivity index (χ0) is 17.5. The summed E-state index contributed by atoms with van der Waals surface area (Å²) < 4.78 is 36.6. The van der Waals surface area contributed by atoms with Crippen molar-refractivity contribution < 1.29 is 18.3 Å². The van der Waals surface area contributed by atoms with Crippen molar-refractivity contribution in [3.05, 3.63) is 53.6 Å². The van der Waals surface area contributed by atoms with Gasteiger partial charge in [-0.3, -0.25) is 4.99 Å². The Balaban J connectivity index is 2.01. The smallest absolute Gasteiger partial charge is 0.193 e. The van der Waals surface area contributed by atoms with Crippen molar-refractivity contribution in [1.29, 1.82) is 0 Å². The Hall–Kier alpha value is -2.83. The SMILES string of the molecule is COc1ccc(OC)c(NC(N)=NCCc2cc(F)cc(F)c2)c1. The maximum absolute atomic E-state index is 13.1. The van der Waals surface area contributed by atoms with Gasteiger partial charge in [0, 0.05) is 18.7 Å². The summed E-state index contributed by atoms with van der Waals surface area (Å²) in [5.74, 6) is 0.170. The third kappa shape index (κ3) is 4.84. The highest BCUT2D eigenvalue weighted by Crippen LogP contribution is 2.28. The van der Waals surface area contributed by atoms with Gasteiger partial charge in [0.15, 0.2) is 5.96 Å². The Morgan fingerprint density at radius 1 is 1.08 bits per heavy atom. The number of benzene rings is 2. The van der Waals surface area contributed by atoms with E-state index in [1.54, 1.807) is 32.4 Å². The predicted octanol–water partition coefficient (Wildman–Crippen LogP) is 2.95. The van der Waals surface area contributed by atoms with Gasteiger partial charge < -0.3 is 20.5 Å². The van der Waals surface area contributed by atoms with Crippen molar-refractivity contribution in [3.8, 4) is 11.5 Å².